The quantitative estimate of drug-likeness (QED) is 0.752. The summed E-state index contributed by atoms with van der Waals surface area (Å²) in [6.45, 7) is 13.0. The van der Waals surface area contributed by atoms with Crippen molar-refractivity contribution in [2.24, 2.45) is 5.73 Å². The number of aromatic nitrogens is 2. The van der Waals surface area contributed by atoms with Crippen LogP contribution in [0.2, 0.25) is 18.1 Å². The molecule has 0 radical (unpaired) electrons. The maximum absolute atomic E-state index is 11.2. The van der Waals surface area contributed by atoms with E-state index < -0.39 is 14.2 Å². The second kappa shape index (κ2) is 6.93. The third-order valence-corrected chi connectivity index (χ3v) is 9.06. The molecule has 0 bridgehead atoms. The number of carbonyl (C=O) groups is 1. The highest BCUT2D eigenvalue weighted by molar-refractivity contribution is 6.74. The highest BCUT2D eigenvalue weighted by Crippen LogP contribution is 2.38. The minimum atomic E-state index is -1.91. The zero-order valence-corrected chi connectivity index (χ0v) is 15.5. The first-order valence-corrected chi connectivity index (χ1v) is 10.5. The van der Waals surface area contributed by atoms with Crippen molar-refractivity contribution in [2.45, 2.75) is 64.4 Å². The van der Waals surface area contributed by atoms with Gasteiger partial charge in [-0.1, -0.05) is 20.8 Å². The molecule has 2 unspecified atom stereocenters. The summed E-state index contributed by atoms with van der Waals surface area (Å²) in [5.41, 5.74) is 5.47. The number of hydrogen-bond donors (Lipinski definition) is 2. The molecule has 3 N–H and O–H groups in total. The summed E-state index contributed by atoms with van der Waals surface area (Å²) >= 11 is 0. The highest BCUT2D eigenvalue weighted by Gasteiger charge is 2.39. The second-order valence-electron chi connectivity index (χ2n) is 7.23. The Labute approximate surface area is 133 Å². The zero-order valence-electron chi connectivity index (χ0n) is 14.5. The van der Waals surface area contributed by atoms with E-state index in [-0.39, 0.29) is 29.5 Å². The average Bonchev–Trinajstić information content (AvgIpc) is 2.83. The van der Waals surface area contributed by atoms with Crippen LogP contribution in [0.3, 0.4) is 0 Å². The first-order valence-electron chi connectivity index (χ1n) is 7.61. The molecule has 1 heterocycles. The number of aliphatic hydroxyl groups is 1. The van der Waals surface area contributed by atoms with Gasteiger partial charge in [-0.3, -0.25) is 4.79 Å². The number of nitrogens with zero attached hydrogens (tertiary/aromatic N) is 2. The summed E-state index contributed by atoms with van der Waals surface area (Å²) < 4.78 is 8.22. The van der Waals surface area contributed by atoms with Gasteiger partial charge >= 0.3 is 0 Å². The van der Waals surface area contributed by atoms with Gasteiger partial charge in [-0.05, 0) is 31.5 Å². The molecule has 2 atom stereocenters. The van der Waals surface area contributed by atoms with E-state index in [1.165, 1.54) is 0 Å². The van der Waals surface area contributed by atoms with Crippen molar-refractivity contribution < 1.29 is 14.3 Å². The molecule has 126 valence electrons. The van der Waals surface area contributed by atoms with Gasteiger partial charge in [-0.25, -0.2) is 4.98 Å². The molecule has 1 rings (SSSR count). The summed E-state index contributed by atoms with van der Waals surface area (Å²) in [7, 11) is -1.91. The zero-order chi connectivity index (χ0) is 17.1. The Hall–Kier alpha value is -1.18. The number of rotatable bonds is 7. The van der Waals surface area contributed by atoms with Crippen molar-refractivity contribution in [1.82, 2.24) is 9.55 Å². The number of primary amides is 1. The topological polar surface area (TPSA) is 90.4 Å². The number of amides is 1. The smallest absolute Gasteiger partial charge is 0.268 e. The fourth-order valence-electron chi connectivity index (χ4n) is 2.12. The van der Waals surface area contributed by atoms with Crippen LogP contribution in [0.1, 0.15) is 50.6 Å². The van der Waals surface area contributed by atoms with E-state index in [1.807, 2.05) is 11.5 Å². The van der Waals surface area contributed by atoms with E-state index in [9.17, 15) is 9.90 Å². The highest BCUT2D eigenvalue weighted by atomic mass is 28.4. The molecule has 0 aromatic carbocycles. The molecule has 0 aliphatic carbocycles. The average molecular weight is 328 g/mol. The Kier molecular flexibility index (Phi) is 5.94. The Bertz CT molecular complexity index is 508. The summed E-state index contributed by atoms with van der Waals surface area (Å²) in [6, 6.07) is -0.0836. The minimum Gasteiger partial charge on any atom is -0.412 e. The minimum absolute atomic E-state index is 0.0416. The summed E-state index contributed by atoms with van der Waals surface area (Å²) in [5, 5.41) is 9.46. The first kappa shape index (κ1) is 18.9. The molecule has 7 heteroatoms. The lowest BCUT2D eigenvalue weighted by molar-refractivity contribution is 0.0994. The normalized spacial score (nSPS) is 15.6. The third kappa shape index (κ3) is 4.41. The molecule has 0 saturated carbocycles. The molecule has 6 nitrogen and oxygen atoms in total. The van der Waals surface area contributed by atoms with Gasteiger partial charge in [0.15, 0.2) is 8.32 Å². The van der Waals surface area contributed by atoms with E-state index in [2.05, 4.69) is 38.8 Å². The molecule has 0 spiro atoms. The third-order valence-electron chi connectivity index (χ3n) is 4.49. The van der Waals surface area contributed by atoms with E-state index >= 15 is 0 Å². The first-order chi connectivity index (χ1) is 9.99. The van der Waals surface area contributed by atoms with Crippen LogP contribution < -0.4 is 5.73 Å². The van der Waals surface area contributed by atoms with E-state index in [0.29, 0.717) is 6.42 Å². The summed E-state index contributed by atoms with van der Waals surface area (Å²) in [4.78, 5) is 15.2. The van der Waals surface area contributed by atoms with Crippen LogP contribution >= 0.6 is 0 Å². The molecule has 1 amide bonds. The lowest BCUT2D eigenvalue weighted by atomic mass is 10.1. The Balaban J connectivity index is 2.96. The largest absolute Gasteiger partial charge is 0.412 e. The molecule has 0 aliphatic heterocycles. The predicted molar refractivity (Wildman–Crippen MR) is 89.2 cm³/mol. The van der Waals surface area contributed by atoms with Gasteiger partial charge in [0.1, 0.15) is 5.69 Å². The monoisotopic (exact) mass is 327 g/mol. The van der Waals surface area contributed by atoms with Crippen LogP contribution in [0.25, 0.3) is 0 Å². The Morgan fingerprint density at radius 2 is 2.09 bits per heavy atom. The Morgan fingerprint density at radius 3 is 2.50 bits per heavy atom. The maximum Gasteiger partial charge on any atom is 0.268 e. The van der Waals surface area contributed by atoms with Crippen LogP contribution in [-0.2, 0) is 4.43 Å². The van der Waals surface area contributed by atoms with E-state index in [1.54, 1.807) is 12.5 Å². The molecular weight excluding hydrogens is 298 g/mol. The number of carbonyl (C=O) groups excluding carboxylic acids is 1. The van der Waals surface area contributed by atoms with Crippen molar-refractivity contribution in [3.8, 4) is 0 Å². The standard InChI is InChI=1S/C15H29N3O3Si/c1-11(21-22(5,6)15(2,3)4)13(7-8-19)18-9-12(14(16)20)17-10-18/h9-11,13,19H,7-8H2,1-6H3,(H2,16,20). The van der Waals surface area contributed by atoms with Gasteiger partial charge in [-0.2, -0.15) is 0 Å². The van der Waals surface area contributed by atoms with Crippen LogP contribution in [0, 0.1) is 0 Å². The van der Waals surface area contributed by atoms with Crippen molar-refractivity contribution >= 4 is 14.2 Å². The number of nitrogens with two attached hydrogens (primary N) is 1. The summed E-state index contributed by atoms with van der Waals surface area (Å²) in [6.07, 6.45) is 3.63. The fraction of sp³-hybridized carbons (Fsp3) is 0.733. The summed E-state index contributed by atoms with van der Waals surface area (Å²) in [5.74, 6) is -0.556. The molecule has 0 aliphatic rings. The second-order valence-corrected chi connectivity index (χ2v) is 12.0. The number of hydrogen-bond acceptors (Lipinski definition) is 4. The Morgan fingerprint density at radius 1 is 1.50 bits per heavy atom. The fourth-order valence-corrected chi connectivity index (χ4v) is 3.56. The van der Waals surface area contributed by atoms with E-state index in [4.69, 9.17) is 10.2 Å². The number of aliphatic hydroxyl groups excluding tert-OH is 1. The van der Waals surface area contributed by atoms with Gasteiger partial charge in [-0.15, -0.1) is 0 Å². The van der Waals surface area contributed by atoms with Crippen molar-refractivity contribution in [2.75, 3.05) is 6.61 Å². The van der Waals surface area contributed by atoms with Gasteiger partial charge in [0.25, 0.3) is 5.91 Å². The lowest BCUT2D eigenvalue weighted by Crippen LogP contribution is -2.45. The van der Waals surface area contributed by atoms with Gasteiger partial charge in [0.05, 0.1) is 18.5 Å². The maximum atomic E-state index is 11.2. The van der Waals surface area contributed by atoms with Gasteiger partial charge in [0, 0.05) is 12.8 Å². The van der Waals surface area contributed by atoms with E-state index in [0.717, 1.165) is 0 Å². The number of imidazole rings is 1. The molecule has 1 aromatic rings. The molecule has 0 fully saturated rings. The van der Waals surface area contributed by atoms with Crippen molar-refractivity contribution in [3.05, 3.63) is 18.2 Å². The SMILES string of the molecule is CC(O[Si](C)(C)C(C)(C)C)C(CCO)n1cnc(C(N)=O)c1. The van der Waals surface area contributed by atoms with Crippen molar-refractivity contribution in [3.63, 3.8) is 0 Å². The van der Waals surface area contributed by atoms with Gasteiger partial charge in [0.2, 0.25) is 0 Å². The van der Waals surface area contributed by atoms with Gasteiger partial charge < -0.3 is 19.8 Å². The molecular formula is C15H29N3O3Si. The molecule has 0 saturated heterocycles. The van der Waals surface area contributed by atoms with Crippen molar-refractivity contribution in [1.29, 1.82) is 0 Å². The van der Waals surface area contributed by atoms with Crippen LogP contribution in [0.15, 0.2) is 12.5 Å². The van der Waals surface area contributed by atoms with Crippen LogP contribution in [0.4, 0.5) is 0 Å². The predicted octanol–water partition coefficient (Wildman–Crippen LogP) is 2.32. The molecule has 1 aromatic heterocycles. The van der Waals surface area contributed by atoms with Crippen LogP contribution in [-0.4, -0.2) is 41.6 Å². The molecule has 22 heavy (non-hydrogen) atoms. The lowest BCUT2D eigenvalue weighted by Gasteiger charge is -2.40. The van der Waals surface area contributed by atoms with Crippen LogP contribution in [0.5, 0.6) is 0 Å².